The molecule has 182 valence electrons. The first-order valence-corrected chi connectivity index (χ1v) is 11.3. The molecule has 0 bridgehead atoms. The normalized spacial score (nSPS) is 14.8. The Balaban J connectivity index is 0.00000385. The monoisotopic (exact) mass is 568 g/mol. The van der Waals surface area contributed by atoms with Gasteiger partial charge in [-0.25, -0.2) is 0 Å². The number of piperidine rings is 1. The third-order valence-corrected chi connectivity index (χ3v) is 5.78. The van der Waals surface area contributed by atoms with Crippen LogP contribution in [0.15, 0.2) is 53.5 Å². The van der Waals surface area contributed by atoms with E-state index in [2.05, 4.69) is 32.7 Å². The zero-order valence-electron chi connectivity index (χ0n) is 19.9. The van der Waals surface area contributed by atoms with Crippen LogP contribution in [0.5, 0.6) is 17.2 Å². The molecule has 1 aliphatic rings. The van der Waals surface area contributed by atoms with Gasteiger partial charge < -0.3 is 24.8 Å². The lowest BCUT2D eigenvalue weighted by molar-refractivity contribution is 0.178. The zero-order valence-corrected chi connectivity index (χ0v) is 22.2. The molecule has 0 aromatic heterocycles. The Bertz CT molecular complexity index is 823. The fourth-order valence-electron chi connectivity index (χ4n) is 3.81. The molecule has 1 aliphatic heterocycles. The van der Waals surface area contributed by atoms with Gasteiger partial charge in [-0.1, -0.05) is 12.1 Å². The summed E-state index contributed by atoms with van der Waals surface area (Å²) >= 11 is 0. The van der Waals surface area contributed by atoms with Gasteiger partial charge in [0.05, 0.1) is 20.8 Å². The number of nitrogens with one attached hydrogen (secondary N) is 2. The van der Waals surface area contributed by atoms with Crippen molar-refractivity contribution in [1.82, 2.24) is 15.5 Å². The van der Waals surface area contributed by atoms with Gasteiger partial charge >= 0.3 is 0 Å². The fraction of sp³-hybridized carbons (Fsp3) is 0.480. The van der Waals surface area contributed by atoms with Crippen LogP contribution in [0.25, 0.3) is 0 Å². The van der Waals surface area contributed by atoms with E-state index in [1.165, 1.54) is 18.4 Å². The van der Waals surface area contributed by atoms with Crippen LogP contribution in [0.4, 0.5) is 0 Å². The van der Waals surface area contributed by atoms with Crippen molar-refractivity contribution in [3.05, 3.63) is 54.1 Å². The number of hydrogen-bond acceptors (Lipinski definition) is 5. The average Bonchev–Trinajstić information content (AvgIpc) is 2.85. The van der Waals surface area contributed by atoms with Gasteiger partial charge in [-0.05, 0) is 73.8 Å². The third kappa shape index (κ3) is 9.29. The summed E-state index contributed by atoms with van der Waals surface area (Å²) in [7, 11) is 5.16. The molecule has 0 spiro atoms. The van der Waals surface area contributed by atoms with Crippen LogP contribution >= 0.6 is 24.0 Å². The summed E-state index contributed by atoms with van der Waals surface area (Å²) in [5, 5.41) is 6.79. The van der Waals surface area contributed by atoms with Crippen LogP contribution in [-0.2, 0) is 6.54 Å². The molecule has 0 atom stereocenters. The Morgan fingerprint density at radius 2 is 1.48 bits per heavy atom. The van der Waals surface area contributed by atoms with Crippen molar-refractivity contribution < 1.29 is 14.2 Å². The van der Waals surface area contributed by atoms with Crippen LogP contribution in [0.1, 0.15) is 18.4 Å². The first kappa shape index (κ1) is 27.0. The van der Waals surface area contributed by atoms with Crippen LogP contribution in [-0.4, -0.2) is 64.9 Å². The van der Waals surface area contributed by atoms with Crippen molar-refractivity contribution in [3.63, 3.8) is 0 Å². The van der Waals surface area contributed by atoms with Gasteiger partial charge in [-0.3, -0.25) is 9.89 Å². The second-order valence-electron chi connectivity index (χ2n) is 7.97. The highest BCUT2D eigenvalue weighted by Gasteiger charge is 2.19. The summed E-state index contributed by atoms with van der Waals surface area (Å²) in [6.07, 6.45) is 2.39. The Labute approximate surface area is 214 Å². The molecule has 0 aliphatic carbocycles. The van der Waals surface area contributed by atoms with Gasteiger partial charge in [0.1, 0.15) is 23.9 Å². The van der Waals surface area contributed by atoms with E-state index < -0.39 is 0 Å². The number of hydrogen-bond donors (Lipinski definition) is 2. The van der Waals surface area contributed by atoms with E-state index in [1.54, 1.807) is 21.3 Å². The molecule has 2 aromatic rings. The zero-order chi connectivity index (χ0) is 22.6. The molecule has 7 nitrogen and oxygen atoms in total. The summed E-state index contributed by atoms with van der Waals surface area (Å²) in [5.74, 6) is 4.05. The first-order valence-electron chi connectivity index (χ1n) is 11.3. The number of halogens is 1. The van der Waals surface area contributed by atoms with Gasteiger partial charge in [0.25, 0.3) is 0 Å². The highest BCUT2D eigenvalue weighted by atomic mass is 127. The fourth-order valence-corrected chi connectivity index (χ4v) is 3.81. The molecule has 2 aromatic carbocycles. The molecular formula is C25H37IN4O3. The molecule has 3 rings (SSSR count). The molecule has 1 fully saturated rings. The second-order valence-corrected chi connectivity index (χ2v) is 7.97. The van der Waals surface area contributed by atoms with Crippen LogP contribution in [0.3, 0.4) is 0 Å². The molecule has 33 heavy (non-hydrogen) atoms. The largest absolute Gasteiger partial charge is 0.497 e. The molecule has 0 amide bonds. The highest BCUT2D eigenvalue weighted by molar-refractivity contribution is 14.0. The summed E-state index contributed by atoms with van der Waals surface area (Å²) in [4.78, 5) is 6.86. The highest BCUT2D eigenvalue weighted by Crippen LogP contribution is 2.20. The van der Waals surface area contributed by atoms with Gasteiger partial charge in [-0.15, -0.1) is 24.0 Å². The minimum Gasteiger partial charge on any atom is -0.497 e. The SMILES string of the molecule is CN=C(NCCOc1ccc(OC)cc1)NCC1CCN(Cc2ccc(OC)cc2)CC1.I. The maximum atomic E-state index is 5.76. The molecule has 1 heterocycles. The first-order chi connectivity index (χ1) is 15.7. The van der Waals surface area contributed by atoms with Crippen LogP contribution < -0.4 is 24.8 Å². The summed E-state index contributed by atoms with van der Waals surface area (Å²) in [5.41, 5.74) is 1.34. The van der Waals surface area contributed by atoms with Gasteiger partial charge in [0, 0.05) is 20.1 Å². The smallest absolute Gasteiger partial charge is 0.191 e. The van der Waals surface area contributed by atoms with E-state index in [9.17, 15) is 0 Å². The summed E-state index contributed by atoms with van der Waals surface area (Å²) in [6.45, 7) is 5.44. The summed E-state index contributed by atoms with van der Waals surface area (Å²) in [6, 6.07) is 16.0. The van der Waals surface area contributed by atoms with Crippen LogP contribution in [0.2, 0.25) is 0 Å². The lowest BCUT2D eigenvalue weighted by atomic mass is 9.96. The number of ether oxygens (including phenoxy) is 3. The molecule has 2 N–H and O–H groups in total. The van der Waals surface area contributed by atoms with E-state index in [-0.39, 0.29) is 24.0 Å². The van der Waals surface area contributed by atoms with E-state index in [1.807, 2.05) is 36.4 Å². The van der Waals surface area contributed by atoms with Gasteiger partial charge in [0.2, 0.25) is 0 Å². The number of nitrogens with zero attached hydrogens (tertiary/aromatic N) is 2. The maximum Gasteiger partial charge on any atom is 0.191 e. The van der Waals surface area contributed by atoms with Gasteiger partial charge in [0.15, 0.2) is 5.96 Å². The third-order valence-electron chi connectivity index (χ3n) is 5.78. The molecular weight excluding hydrogens is 531 g/mol. The number of benzene rings is 2. The maximum absolute atomic E-state index is 5.76. The van der Waals surface area contributed by atoms with Crippen molar-refractivity contribution in [2.45, 2.75) is 19.4 Å². The Morgan fingerprint density at radius 1 is 0.909 bits per heavy atom. The number of aliphatic imine (C=N–C) groups is 1. The molecule has 0 unspecified atom stereocenters. The van der Waals surface area contributed by atoms with Gasteiger partial charge in [-0.2, -0.15) is 0 Å². The number of rotatable bonds is 10. The van der Waals surface area contributed by atoms with Crippen LogP contribution in [0, 0.1) is 5.92 Å². The van der Waals surface area contributed by atoms with Crippen molar-refractivity contribution in [1.29, 1.82) is 0 Å². The predicted octanol–water partition coefficient (Wildman–Crippen LogP) is 3.78. The van der Waals surface area contributed by atoms with E-state index in [0.717, 1.165) is 49.4 Å². The number of methoxy groups -OCH3 is 2. The number of likely N-dealkylation sites (tertiary alicyclic amines) is 1. The Kier molecular flexibility index (Phi) is 12.2. The standard InChI is InChI=1S/C25H36N4O3.HI/c1-26-25(27-14-17-32-24-10-8-23(31-3)9-11-24)28-18-20-12-15-29(16-13-20)19-21-4-6-22(30-2)7-5-21;/h4-11,20H,12-19H2,1-3H3,(H2,26,27,28);1H. The van der Waals surface area contributed by atoms with E-state index in [0.29, 0.717) is 19.1 Å². The van der Waals surface area contributed by atoms with Crippen molar-refractivity contribution >= 4 is 29.9 Å². The summed E-state index contributed by atoms with van der Waals surface area (Å²) < 4.78 is 16.2. The van der Waals surface area contributed by atoms with Crippen molar-refractivity contribution in [2.24, 2.45) is 10.9 Å². The van der Waals surface area contributed by atoms with Crippen molar-refractivity contribution in [3.8, 4) is 17.2 Å². The molecule has 8 heteroatoms. The molecule has 0 radical (unpaired) electrons. The lowest BCUT2D eigenvalue weighted by Gasteiger charge is -2.32. The quantitative estimate of drug-likeness (QED) is 0.197. The average molecular weight is 569 g/mol. The Morgan fingerprint density at radius 3 is 2.06 bits per heavy atom. The molecule has 1 saturated heterocycles. The van der Waals surface area contributed by atoms with E-state index in [4.69, 9.17) is 14.2 Å². The lowest BCUT2D eigenvalue weighted by Crippen LogP contribution is -2.43. The van der Waals surface area contributed by atoms with E-state index >= 15 is 0 Å². The minimum atomic E-state index is 0. The van der Waals surface area contributed by atoms with Crippen molar-refractivity contribution in [2.75, 3.05) is 54.1 Å². The Hall–Kier alpha value is -2.20. The topological polar surface area (TPSA) is 67.4 Å². The molecule has 0 saturated carbocycles. The number of guanidine groups is 1. The second kappa shape index (κ2) is 14.8. The minimum absolute atomic E-state index is 0. The predicted molar refractivity (Wildman–Crippen MR) is 144 cm³/mol.